The van der Waals surface area contributed by atoms with E-state index in [1.54, 1.807) is 24.3 Å². The van der Waals surface area contributed by atoms with Gasteiger partial charge < -0.3 is 10.1 Å². The average molecular weight is 355 g/mol. The van der Waals surface area contributed by atoms with Gasteiger partial charge in [0.1, 0.15) is 5.75 Å². The van der Waals surface area contributed by atoms with Crippen LogP contribution in [-0.4, -0.2) is 12.5 Å². The number of carbonyl (C=O) groups excluding carboxylic acids is 1. The number of hydrogen-bond donors (Lipinski definition) is 1. The molecule has 0 atom stereocenters. The summed E-state index contributed by atoms with van der Waals surface area (Å²) in [7, 11) is 0. The standard InChI is InChI=1S/C16H10Cl3NO2/c1-2-10-4-3-5-11(6-10)20-16(21)9-22-15-8-13(18)12(17)7-14(15)19/h1,3-8H,9H2,(H,20,21). The third-order valence-electron chi connectivity index (χ3n) is 2.65. The van der Waals surface area contributed by atoms with Crippen molar-refractivity contribution in [2.24, 2.45) is 0 Å². The number of halogens is 3. The van der Waals surface area contributed by atoms with E-state index in [2.05, 4.69) is 11.2 Å². The van der Waals surface area contributed by atoms with E-state index in [1.165, 1.54) is 12.1 Å². The zero-order chi connectivity index (χ0) is 16.1. The van der Waals surface area contributed by atoms with Crippen molar-refractivity contribution in [3.05, 3.63) is 57.0 Å². The Labute approximate surface area is 143 Å². The first kappa shape index (κ1) is 16.5. The van der Waals surface area contributed by atoms with Gasteiger partial charge in [-0.1, -0.05) is 46.8 Å². The van der Waals surface area contributed by atoms with E-state index in [4.69, 9.17) is 46.0 Å². The van der Waals surface area contributed by atoms with Crippen LogP contribution in [0.25, 0.3) is 0 Å². The largest absolute Gasteiger partial charge is 0.482 e. The van der Waals surface area contributed by atoms with E-state index in [-0.39, 0.29) is 23.3 Å². The number of benzene rings is 2. The molecular formula is C16H10Cl3NO2. The molecule has 0 aliphatic heterocycles. The Kier molecular flexibility index (Phi) is 5.57. The van der Waals surface area contributed by atoms with Gasteiger partial charge in [0.2, 0.25) is 0 Å². The molecule has 3 nitrogen and oxygen atoms in total. The minimum Gasteiger partial charge on any atom is -0.482 e. The molecule has 112 valence electrons. The fraction of sp³-hybridized carbons (Fsp3) is 0.0625. The summed E-state index contributed by atoms with van der Waals surface area (Å²) in [6.07, 6.45) is 5.30. The van der Waals surface area contributed by atoms with E-state index in [0.717, 1.165) is 0 Å². The van der Waals surface area contributed by atoms with Gasteiger partial charge in [-0.15, -0.1) is 6.42 Å². The van der Waals surface area contributed by atoms with Crippen LogP contribution in [-0.2, 0) is 4.79 Å². The van der Waals surface area contributed by atoms with E-state index in [9.17, 15) is 4.79 Å². The lowest BCUT2D eigenvalue weighted by molar-refractivity contribution is -0.118. The third kappa shape index (κ3) is 4.32. The molecule has 2 aromatic carbocycles. The van der Waals surface area contributed by atoms with Gasteiger partial charge in [-0.3, -0.25) is 4.79 Å². The summed E-state index contributed by atoms with van der Waals surface area (Å²) in [5.41, 5.74) is 1.26. The molecule has 0 saturated heterocycles. The number of nitrogens with one attached hydrogen (secondary N) is 1. The predicted molar refractivity (Wildman–Crippen MR) is 90.0 cm³/mol. The molecule has 0 radical (unpaired) electrons. The monoisotopic (exact) mass is 353 g/mol. The summed E-state index contributed by atoms with van der Waals surface area (Å²) < 4.78 is 5.34. The summed E-state index contributed by atoms with van der Waals surface area (Å²) in [6, 6.07) is 9.84. The molecule has 0 aromatic heterocycles. The minimum absolute atomic E-state index is 0.224. The maximum Gasteiger partial charge on any atom is 0.262 e. The molecule has 2 rings (SSSR count). The SMILES string of the molecule is C#Cc1cccc(NC(=O)COc2cc(Cl)c(Cl)cc2Cl)c1. The molecule has 1 N–H and O–H groups in total. The first-order valence-electron chi connectivity index (χ1n) is 6.13. The topological polar surface area (TPSA) is 38.3 Å². The summed E-state index contributed by atoms with van der Waals surface area (Å²) in [6.45, 7) is -0.224. The summed E-state index contributed by atoms with van der Waals surface area (Å²) in [4.78, 5) is 11.9. The minimum atomic E-state index is -0.351. The highest BCUT2D eigenvalue weighted by molar-refractivity contribution is 6.43. The highest BCUT2D eigenvalue weighted by atomic mass is 35.5. The molecule has 0 aliphatic carbocycles. The fourth-order valence-electron chi connectivity index (χ4n) is 1.64. The molecule has 6 heteroatoms. The average Bonchev–Trinajstić information content (AvgIpc) is 2.49. The summed E-state index contributed by atoms with van der Waals surface area (Å²) >= 11 is 17.7. The maximum absolute atomic E-state index is 11.9. The Hall–Kier alpha value is -1.86. The van der Waals surface area contributed by atoms with Crippen molar-refractivity contribution in [1.82, 2.24) is 0 Å². The molecule has 0 aliphatic rings. The molecule has 0 fully saturated rings. The van der Waals surface area contributed by atoms with Crippen LogP contribution in [0, 0.1) is 12.3 Å². The maximum atomic E-state index is 11.9. The number of amides is 1. The second kappa shape index (κ2) is 7.42. The first-order valence-corrected chi connectivity index (χ1v) is 7.27. The lowest BCUT2D eigenvalue weighted by Crippen LogP contribution is -2.20. The van der Waals surface area contributed by atoms with Crippen LogP contribution in [0.3, 0.4) is 0 Å². The summed E-state index contributed by atoms with van der Waals surface area (Å²) in [5.74, 6) is 2.42. The molecule has 2 aromatic rings. The second-order valence-electron chi connectivity index (χ2n) is 4.26. The van der Waals surface area contributed by atoms with Gasteiger partial charge in [-0.05, 0) is 24.3 Å². The van der Waals surface area contributed by atoms with Crippen molar-refractivity contribution in [2.75, 3.05) is 11.9 Å². The number of anilines is 1. The Morgan fingerprint density at radius 1 is 1.14 bits per heavy atom. The fourth-order valence-corrected chi connectivity index (χ4v) is 2.23. The number of carbonyl (C=O) groups is 1. The molecular weight excluding hydrogens is 345 g/mol. The Morgan fingerprint density at radius 2 is 1.86 bits per heavy atom. The van der Waals surface area contributed by atoms with Gasteiger partial charge in [0.25, 0.3) is 5.91 Å². The third-order valence-corrected chi connectivity index (χ3v) is 3.66. The Bertz CT molecular complexity index is 754. The van der Waals surface area contributed by atoms with Gasteiger partial charge in [-0.2, -0.15) is 0 Å². The first-order chi connectivity index (χ1) is 10.5. The van der Waals surface area contributed by atoms with Crippen LogP contribution in [0.2, 0.25) is 15.1 Å². The second-order valence-corrected chi connectivity index (χ2v) is 5.48. The number of ether oxygens (including phenoxy) is 1. The quantitative estimate of drug-likeness (QED) is 0.641. The highest BCUT2D eigenvalue weighted by Gasteiger charge is 2.10. The molecule has 0 unspecified atom stereocenters. The van der Waals surface area contributed by atoms with E-state index in [1.807, 2.05) is 0 Å². The van der Waals surface area contributed by atoms with Crippen molar-refractivity contribution in [3.63, 3.8) is 0 Å². The van der Waals surface area contributed by atoms with Crippen LogP contribution < -0.4 is 10.1 Å². The van der Waals surface area contributed by atoms with Gasteiger partial charge in [0, 0.05) is 17.3 Å². The van der Waals surface area contributed by atoms with Crippen molar-refractivity contribution in [2.45, 2.75) is 0 Å². The zero-order valence-corrected chi connectivity index (χ0v) is 13.5. The normalized spacial score (nSPS) is 9.91. The van der Waals surface area contributed by atoms with Gasteiger partial charge >= 0.3 is 0 Å². The van der Waals surface area contributed by atoms with Crippen LogP contribution in [0.4, 0.5) is 5.69 Å². The predicted octanol–water partition coefficient (Wildman–Crippen LogP) is 4.65. The molecule has 0 bridgehead atoms. The van der Waals surface area contributed by atoms with Gasteiger partial charge in [0.05, 0.1) is 15.1 Å². The molecule has 1 amide bonds. The zero-order valence-electron chi connectivity index (χ0n) is 11.2. The van der Waals surface area contributed by atoms with E-state index >= 15 is 0 Å². The molecule has 0 heterocycles. The lowest BCUT2D eigenvalue weighted by Gasteiger charge is -2.10. The number of rotatable bonds is 4. The Morgan fingerprint density at radius 3 is 2.59 bits per heavy atom. The van der Waals surface area contributed by atoms with Crippen LogP contribution in [0.1, 0.15) is 5.56 Å². The molecule has 22 heavy (non-hydrogen) atoms. The summed E-state index contributed by atoms with van der Waals surface area (Å²) in [5, 5.41) is 3.55. The van der Waals surface area contributed by atoms with E-state index < -0.39 is 0 Å². The number of terminal acetylenes is 1. The van der Waals surface area contributed by atoms with Gasteiger partial charge in [0.15, 0.2) is 6.61 Å². The molecule has 0 spiro atoms. The highest BCUT2D eigenvalue weighted by Crippen LogP contribution is 2.33. The van der Waals surface area contributed by atoms with Crippen molar-refractivity contribution in [3.8, 4) is 18.1 Å². The van der Waals surface area contributed by atoms with Crippen LogP contribution in [0.5, 0.6) is 5.75 Å². The van der Waals surface area contributed by atoms with Crippen molar-refractivity contribution < 1.29 is 9.53 Å². The van der Waals surface area contributed by atoms with Crippen LogP contribution >= 0.6 is 34.8 Å². The molecule has 0 saturated carbocycles. The lowest BCUT2D eigenvalue weighted by atomic mass is 10.2. The number of hydrogen-bond acceptors (Lipinski definition) is 2. The van der Waals surface area contributed by atoms with Crippen LogP contribution in [0.15, 0.2) is 36.4 Å². The van der Waals surface area contributed by atoms with E-state index in [0.29, 0.717) is 21.3 Å². The van der Waals surface area contributed by atoms with Gasteiger partial charge in [-0.25, -0.2) is 0 Å². The van der Waals surface area contributed by atoms with Crippen molar-refractivity contribution in [1.29, 1.82) is 0 Å². The Balaban J connectivity index is 1.98. The smallest absolute Gasteiger partial charge is 0.262 e. The van der Waals surface area contributed by atoms with Crippen molar-refractivity contribution >= 4 is 46.4 Å².